The Morgan fingerprint density at radius 3 is 1.73 bits per heavy atom. The Bertz CT molecular complexity index is 550. The highest BCUT2D eigenvalue weighted by Gasteiger charge is 2.11. The van der Waals surface area contributed by atoms with Crippen LogP contribution >= 0.6 is 0 Å². The van der Waals surface area contributed by atoms with Gasteiger partial charge in [-0.15, -0.1) is 0 Å². The summed E-state index contributed by atoms with van der Waals surface area (Å²) in [6, 6.07) is 17.4. The van der Waals surface area contributed by atoms with E-state index >= 15 is 0 Å². The van der Waals surface area contributed by atoms with Crippen LogP contribution in [0.3, 0.4) is 0 Å². The second kappa shape index (κ2) is 17.7. The number of hydrogen-bond donors (Lipinski definition) is 1. The summed E-state index contributed by atoms with van der Waals surface area (Å²) in [4.78, 5) is 11.4. The number of likely N-dealkylation sites (N-methyl/N-ethyl adjacent to an activating group) is 1. The molecule has 2 rings (SSSR count). The first-order chi connectivity index (χ1) is 12.7. The minimum atomic E-state index is -0.129. The summed E-state index contributed by atoms with van der Waals surface area (Å²) in [6.07, 6.45) is 0.692. The molecule has 1 unspecified atom stereocenters. The van der Waals surface area contributed by atoms with Crippen molar-refractivity contribution in [2.75, 3.05) is 7.05 Å². The predicted molar refractivity (Wildman–Crippen MR) is 114 cm³/mol. The zero-order valence-electron chi connectivity index (χ0n) is 17.8. The summed E-state index contributed by atoms with van der Waals surface area (Å²) < 4.78 is 5.73. The van der Waals surface area contributed by atoms with E-state index in [-0.39, 0.29) is 11.8 Å². The molecular formula is C23H37NO2. The highest BCUT2D eigenvalue weighted by molar-refractivity contribution is 5.81. The SMILES string of the molecule is CC.CC.CC.CNC(Cc1ccc(Oc2ccccc2)cc1)C(C)=O. The number of nitrogens with one attached hydrogen (secondary N) is 1. The van der Waals surface area contributed by atoms with E-state index in [1.165, 1.54) is 0 Å². The molecule has 0 radical (unpaired) electrons. The van der Waals surface area contributed by atoms with Gasteiger partial charge in [0.2, 0.25) is 0 Å². The van der Waals surface area contributed by atoms with E-state index in [0.29, 0.717) is 6.42 Å². The van der Waals surface area contributed by atoms with Crippen molar-refractivity contribution in [1.82, 2.24) is 5.32 Å². The van der Waals surface area contributed by atoms with Crippen molar-refractivity contribution < 1.29 is 9.53 Å². The number of Topliss-reactive ketones (excluding diaryl/α,β-unsaturated/α-hetero) is 1. The van der Waals surface area contributed by atoms with E-state index < -0.39 is 0 Å². The van der Waals surface area contributed by atoms with E-state index in [9.17, 15) is 4.79 Å². The first-order valence-corrected chi connectivity index (χ1v) is 9.68. The summed E-state index contributed by atoms with van der Waals surface area (Å²) in [6.45, 7) is 13.6. The molecule has 146 valence electrons. The molecule has 1 N–H and O–H groups in total. The molecule has 0 aliphatic heterocycles. The fourth-order valence-electron chi connectivity index (χ4n) is 2.00. The molecule has 3 nitrogen and oxygen atoms in total. The molecule has 0 spiro atoms. The smallest absolute Gasteiger partial charge is 0.147 e. The molecule has 26 heavy (non-hydrogen) atoms. The third-order valence-corrected chi connectivity index (χ3v) is 3.18. The van der Waals surface area contributed by atoms with Gasteiger partial charge in [0.15, 0.2) is 0 Å². The number of carbonyl (C=O) groups is 1. The molecule has 2 aromatic carbocycles. The van der Waals surface area contributed by atoms with Crippen LogP contribution in [0.15, 0.2) is 54.6 Å². The average molecular weight is 360 g/mol. The quantitative estimate of drug-likeness (QED) is 0.660. The van der Waals surface area contributed by atoms with E-state index in [2.05, 4.69) is 5.32 Å². The molecule has 0 fully saturated rings. The molecule has 0 heterocycles. The number of carbonyl (C=O) groups excluding carboxylic acids is 1. The molecule has 0 saturated carbocycles. The van der Waals surface area contributed by atoms with Crippen LogP contribution in [-0.4, -0.2) is 18.9 Å². The number of rotatable bonds is 6. The Morgan fingerprint density at radius 2 is 1.31 bits per heavy atom. The number of para-hydroxylation sites is 1. The first-order valence-electron chi connectivity index (χ1n) is 9.68. The third kappa shape index (κ3) is 10.7. The zero-order valence-corrected chi connectivity index (χ0v) is 17.8. The van der Waals surface area contributed by atoms with E-state index in [1.807, 2.05) is 96.1 Å². The molecule has 0 amide bonds. The summed E-state index contributed by atoms with van der Waals surface area (Å²) in [5.41, 5.74) is 1.11. The van der Waals surface area contributed by atoms with Crippen molar-refractivity contribution in [3.8, 4) is 11.5 Å². The summed E-state index contributed by atoms with van der Waals surface area (Å²) >= 11 is 0. The Balaban J connectivity index is 0. The standard InChI is InChI=1S/C17H19NO2.3C2H6/c1-13(19)17(18-2)12-14-8-10-16(11-9-14)20-15-6-4-3-5-7-15;3*1-2/h3-11,17-18H,12H2,1-2H3;3*1-2H3. The van der Waals surface area contributed by atoms with Gasteiger partial charge in [-0.2, -0.15) is 0 Å². The maximum Gasteiger partial charge on any atom is 0.147 e. The van der Waals surface area contributed by atoms with Crippen molar-refractivity contribution in [3.05, 3.63) is 60.2 Å². The topological polar surface area (TPSA) is 38.3 Å². The van der Waals surface area contributed by atoms with Gasteiger partial charge in [0.1, 0.15) is 17.3 Å². The molecule has 0 aliphatic rings. The van der Waals surface area contributed by atoms with Gasteiger partial charge in [-0.1, -0.05) is 71.9 Å². The molecule has 0 saturated heterocycles. The van der Waals surface area contributed by atoms with Crippen molar-refractivity contribution in [2.24, 2.45) is 0 Å². The van der Waals surface area contributed by atoms with Gasteiger partial charge in [0.25, 0.3) is 0 Å². The predicted octanol–water partition coefficient (Wildman–Crippen LogP) is 6.28. The van der Waals surface area contributed by atoms with Crippen LogP contribution in [0.2, 0.25) is 0 Å². The van der Waals surface area contributed by atoms with Crippen molar-refractivity contribution >= 4 is 5.78 Å². The molecule has 1 atom stereocenters. The maximum atomic E-state index is 11.4. The average Bonchev–Trinajstić information content (AvgIpc) is 2.72. The van der Waals surface area contributed by atoms with Gasteiger partial charge >= 0.3 is 0 Å². The largest absolute Gasteiger partial charge is 0.457 e. The fourth-order valence-corrected chi connectivity index (χ4v) is 2.00. The molecule has 0 aliphatic carbocycles. The first kappa shape index (κ1) is 26.1. The third-order valence-electron chi connectivity index (χ3n) is 3.18. The Kier molecular flexibility index (Phi) is 17.8. The van der Waals surface area contributed by atoms with Crippen molar-refractivity contribution in [2.45, 2.75) is 60.9 Å². The zero-order chi connectivity index (χ0) is 20.4. The van der Waals surface area contributed by atoms with Crippen LogP contribution in [-0.2, 0) is 11.2 Å². The highest BCUT2D eigenvalue weighted by Crippen LogP contribution is 2.21. The molecule has 0 bridgehead atoms. The minimum absolute atomic E-state index is 0.129. The molecule has 3 heteroatoms. The van der Waals surface area contributed by atoms with Crippen molar-refractivity contribution in [1.29, 1.82) is 0 Å². The van der Waals surface area contributed by atoms with Crippen LogP contribution in [0.1, 0.15) is 54.0 Å². The Morgan fingerprint density at radius 1 is 0.846 bits per heavy atom. The number of benzene rings is 2. The fraction of sp³-hybridized carbons (Fsp3) is 0.435. The van der Waals surface area contributed by atoms with Gasteiger partial charge < -0.3 is 10.1 Å². The van der Waals surface area contributed by atoms with E-state index in [1.54, 1.807) is 14.0 Å². The van der Waals surface area contributed by atoms with Gasteiger partial charge in [-0.3, -0.25) is 4.79 Å². The summed E-state index contributed by atoms with van der Waals surface area (Å²) in [5.74, 6) is 1.76. The lowest BCUT2D eigenvalue weighted by Gasteiger charge is -2.13. The van der Waals surface area contributed by atoms with E-state index in [0.717, 1.165) is 17.1 Å². The molecule has 2 aromatic rings. The second-order valence-electron chi connectivity index (χ2n) is 4.72. The van der Waals surface area contributed by atoms with Crippen LogP contribution in [0, 0.1) is 0 Å². The van der Waals surface area contributed by atoms with Gasteiger partial charge in [-0.05, 0) is 50.2 Å². The molecule has 0 aromatic heterocycles. The normalized spacial score (nSPS) is 9.85. The minimum Gasteiger partial charge on any atom is -0.457 e. The number of ether oxygens (including phenoxy) is 1. The van der Waals surface area contributed by atoms with Crippen LogP contribution in [0.4, 0.5) is 0 Å². The Labute approximate surface area is 160 Å². The van der Waals surface area contributed by atoms with Crippen LogP contribution < -0.4 is 10.1 Å². The lowest BCUT2D eigenvalue weighted by atomic mass is 10.0. The highest BCUT2D eigenvalue weighted by atomic mass is 16.5. The molecular weight excluding hydrogens is 322 g/mol. The van der Waals surface area contributed by atoms with Gasteiger partial charge in [0.05, 0.1) is 6.04 Å². The second-order valence-corrected chi connectivity index (χ2v) is 4.72. The monoisotopic (exact) mass is 359 g/mol. The van der Waals surface area contributed by atoms with Crippen molar-refractivity contribution in [3.63, 3.8) is 0 Å². The maximum absolute atomic E-state index is 11.4. The number of hydrogen-bond acceptors (Lipinski definition) is 3. The van der Waals surface area contributed by atoms with Crippen LogP contribution in [0.5, 0.6) is 11.5 Å². The Hall–Kier alpha value is -2.13. The van der Waals surface area contributed by atoms with E-state index in [4.69, 9.17) is 4.74 Å². The van der Waals surface area contributed by atoms with Gasteiger partial charge in [0, 0.05) is 0 Å². The van der Waals surface area contributed by atoms with Gasteiger partial charge in [-0.25, -0.2) is 0 Å². The number of ketones is 1. The summed E-state index contributed by atoms with van der Waals surface area (Å²) in [7, 11) is 1.80. The lowest BCUT2D eigenvalue weighted by molar-refractivity contribution is -0.118. The summed E-state index contributed by atoms with van der Waals surface area (Å²) in [5, 5.41) is 3.02. The lowest BCUT2D eigenvalue weighted by Crippen LogP contribution is -2.34. The van der Waals surface area contributed by atoms with Crippen LogP contribution in [0.25, 0.3) is 0 Å².